The lowest BCUT2D eigenvalue weighted by Crippen LogP contribution is -2.32. The number of allylic oxidation sites excluding steroid dienone is 1. The Morgan fingerprint density at radius 1 is 1.73 bits per heavy atom. The van der Waals surface area contributed by atoms with Crippen molar-refractivity contribution in [2.24, 2.45) is 5.18 Å². The van der Waals surface area contributed by atoms with E-state index in [9.17, 15) is 4.91 Å². The summed E-state index contributed by atoms with van der Waals surface area (Å²) in [5.74, 6) is 0. The summed E-state index contributed by atoms with van der Waals surface area (Å²) in [6, 6.07) is 0. The van der Waals surface area contributed by atoms with Crippen LogP contribution in [0.3, 0.4) is 0 Å². The summed E-state index contributed by atoms with van der Waals surface area (Å²) in [5.41, 5.74) is -0.714. The van der Waals surface area contributed by atoms with E-state index in [0.29, 0.717) is 0 Å². The van der Waals surface area contributed by atoms with E-state index in [4.69, 9.17) is 0 Å². The smallest absolute Gasteiger partial charge is 0.165 e. The van der Waals surface area contributed by atoms with Crippen molar-refractivity contribution in [3.05, 3.63) is 15.6 Å². The highest BCUT2D eigenvalue weighted by Gasteiger charge is 2.14. The van der Waals surface area contributed by atoms with Gasteiger partial charge in [-0.15, -0.1) is 4.91 Å². The Labute approximate surface area is 75.4 Å². The first kappa shape index (κ1) is 10.6. The van der Waals surface area contributed by atoms with Crippen molar-refractivity contribution in [1.82, 2.24) is 5.32 Å². The van der Waals surface area contributed by atoms with Gasteiger partial charge in [0.05, 0.1) is 0 Å². The Morgan fingerprint density at radius 2 is 2.27 bits per heavy atom. The number of halogens is 1. The highest BCUT2D eigenvalue weighted by Crippen LogP contribution is 2.10. The number of nitrogens with zero attached hydrogens (tertiary/aromatic N) is 1. The van der Waals surface area contributed by atoms with Crippen molar-refractivity contribution in [3.8, 4) is 0 Å². The first-order chi connectivity index (χ1) is 5.02. The van der Waals surface area contributed by atoms with E-state index in [1.807, 2.05) is 6.92 Å². The highest BCUT2D eigenvalue weighted by molar-refractivity contribution is 9.11. The largest absolute Gasteiger partial charge is 0.364 e. The normalized spacial score (nSPS) is 12.9. The molecule has 1 N–H and O–H groups in total. The van der Waals surface area contributed by atoms with Gasteiger partial charge in [0.1, 0.15) is 0 Å². The van der Waals surface area contributed by atoms with Crippen molar-refractivity contribution < 1.29 is 0 Å². The van der Waals surface area contributed by atoms with Gasteiger partial charge in [-0.2, -0.15) is 0 Å². The minimum atomic E-state index is -0.714. The predicted octanol–water partition coefficient (Wildman–Crippen LogP) is 2.72. The molecule has 0 aliphatic heterocycles. The molecular weight excluding hydrogens is 208 g/mol. The van der Waals surface area contributed by atoms with E-state index in [2.05, 4.69) is 26.4 Å². The highest BCUT2D eigenvalue weighted by atomic mass is 79.9. The first-order valence-electron chi connectivity index (χ1n) is 3.48. The van der Waals surface area contributed by atoms with E-state index < -0.39 is 5.66 Å². The summed E-state index contributed by atoms with van der Waals surface area (Å²) in [7, 11) is 0. The number of nitrogens with one attached hydrogen (secondary N) is 1. The number of hydrogen-bond acceptors (Lipinski definition) is 3. The lowest BCUT2D eigenvalue weighted by molar-refractivity contribution is 0.462. The Kier molecular flexibility index (Phi) is 4.33. The molecule has 0 aliphatic carbocycles. The summed E-state index contributed by atoms with van der Waals surface area (Å²) in [6.45, 7) is 5.45. The van der Waals surface area contributed by atoms with Crippen molar-refractivity contribution in [1.29, 1.82) is 0 Å². The van der Waals surface area contributed by atoms with E-state index in [0.717, 1.165) is 10.9 Å². The maximum atomic E-state index is 10.2. The van der Waals surface area contributed by atoms with Gasteiger partial charge in [0.2, 0.25) is 0 Å². The summed E-state index contributed by atoms with van der Waals surface area (Å²) in [5, 5.41) is 5.77. The second-order valence-corrected chi connectivity index (χ2v) is 3.76. The van der Waals surface area contributed by atoms with Crippen LogP contribution in [0.2, 0.25) is 0 Å². The molecule has 0 amide bonds. The standard InChI is InChI=1S/C7H13BrN2O/c1-4-6(8)5-9-7(2,3)10-11/h5,9H,4H2,1-3H3/b6-5+. The summed E-state index contributed by atoms with van der Waals surface area (Å²) >= 11 is 3.31. The Hall–Kier alpha value is -0.380. The second kappa shape index (κ2) is 4.49. The van der Waals surface area contributed by atoms with Crippen LogP contribution < -0.4 is 5.32 Å². The van der Waals surface area contributed by atoms with Gasteiger partial charge in [-0.05, 0) is 25.4 Å². The van der Waals surface area contributed by atoms with Gasteiger partial charge in [0.15, 0.2) is 5.66 Å². The van der Waals surface area contributed by atoms with E-state index in [1.165, 1.54) is 0 Å². The van der Waals surface area contributed by atoms with E-state index >= 15 is 0 Å². The third-order valence-corrected chi connectivity index (χ3v) is 1.94. The third kappa shape index (κ3) is 4.95. The zero-order valence-corrected chi connectivity index (χ0v) is 8.60. The molecule has 0 fully saturated rings. The van der Waals surface area contributed by atoms with Crippen molar-refractivity contribution in [2.75, 3.05) is 0 Å². The van der Waals surface area contributed by atoms with Crippen LogP contribution in [0.1, 0.15) is 27.2 Å². The van der Waals surface area contributed by atoms with Crippen LogP contribution in [-0.2, 0) is 0 Å². The van der Waals surface area contributed by atoms with Crippen LogP contribution >= 0.6 is 15.9 Å². The predicted molar refractivity (Wildman–Crippen MR) is 50.3 cm³/mol. The third-order valence-electron chi connectivity index (χ3n) is 1.15. The summed E-state index contributed by atoms with van der Waals surface area (Å²) in [6.07, 6.45) is 2.66. The molecule has 0 aromatic carbocycles. The molecule has 0 heterocycles. The molecule has 0 aromatic rings. The molecule has 0 bridgehead atoms. The molecule has 64 valence electrons. The number of hydrogen-bond donors (Lipinski definition) is 1. The van der Waals surface area contributed by atoms with Gasteiger partial charge >= 0.3 is 0 Å². The zero-order valence-electron chi connectivity index (χ0n) is 7.02. The maximum absolute atomic E-state index is 10.2. The van der Waals surface area contributed by atoms with Crippen LogP contribution in [0.5, 0.6) is 0 Å². The van der Waals surface area contributed by atoms with Crippen LogP contribution in [0.4, 0.5) is 0 Å². The molecule has 0 radical (unpaired) electrons. The minimum absolute atomic E-state index is 0.714. The van der Waals surface area contributed by atoms with Crippen molar-refractivity contribution in [2.45, 2.75) is 32.9 Å². The quantitative estimate of drug-likeness (QED) is 0.741. The molecule has 0 aromatic heterocycles. The molecule has 11 heavy (non-hydrogen) atoms. The SMILES string of the molecule is CC/C(Br)=C\NC(C)(C)N=O. The maximum Gasteiger partial charge on any atom is 0.165 e. The Bertz CT molecular complexity index is 166. The minimum Gasteiger partial charge on any atom is -0.364 e. The van der Waals surface area contributed by atoms with Gasteiger partial charge in [-0.25, -0.2) is 0 Å². The van der Waals surface area contributed by atoms with Gasteiger partial charge in [-0.1, -0.05) is 22.9 Å². The topological polar surface area (TPSA) is 41.5 Å². The zero-order chi connectivity index (χ0) is 8.91. The van der Waals surface area contributed by atoms with Crippen LogP contribution in [-0.4, -0.2) is 5.66 Å². The van der Waals surface area contributed by atoms with Gasteiger partial charge in [0, 0.05) is 10.7 Å². The van der Waals surface area contributed by atoms with E-state index in [1.54, 1.807) is 20.0 Å². The van der Waals surface area contributed by atoms with Crippen molar-refractivity contribution in [3.63, 3.8) is 0 Å². The summed E-state index contributed by atoms with van der Waals surface area (Å²) < 4.78 is 1.02. The molecule has 0 atom stereocenters. The number of rotatable bonds is 4. The molecule has 3 nitrogen and oxygen atoms in total. The summed E-state index contributed by atoms with van der Waals surface area (Å²) in [4.78, 5) is 10.2. The van der Waals surface area contributed by atoms with Gasteiger partial charge in [0.25, 0.3) is 0 Å². The molecule has 0 saturated heterocycles. The van der Waals surface area contributed by atoms with E-state index in [-0.39, 0.29) is 0 Å². The molecule has 0 spiro atoms. The van der Waals surface area contributed by atoms with Crippen LogP contribution in [0.25, 0.3) is 0 Å². The lowest BCUT2D eigenvalue weighted by atomic mass is 10.3. The molecule has 0 saturated carbocycles. The molecule has 4 heteroatoms. The van der Waals surface area contributed by atoms with Gasteiger partial charge in [-0.3, -0.25) is 0 Å². The fourth-order valence-corrected chi connectivity index (χ4v) is 0.498. The van der Waals surface area contributed by atoms with Gasteiger partial charge < -0.3 is 5.32 Å². The fraction of sp³-hybridized carbons (Fsp3) is 0.714. The average Bonchev–Trinajstić information content (AvgIpc) is 2.00. The lowest BCUT2D eigenvalue weighted by Gasteiger charge is -2.15. The average molecular weight is 221 g/mol. The first-order valence-corrected chi connectivity index (χ1v) is 4.28. The monoisotopic (exact) mass is 220 g/mol. The second-order valence-electron chi connectivity index (χ2n) is 2.74. The number of nitroso groups, excluding NO2 is 1. The molecular formula is C7H13BrN2O. The molecule has 0 aliphatic rings. The molecule has 0 unspecified atom stereocenters. The molecule has 0 rings (SSSR count). The Balaban J connectivity index is 3.96. The van der Waals surface area contributed by atoms with Crippen molar-refractivity contribution >= 4 is 15.9 Å². The fourth-order valence-electron chi connectivity index (χ4n) is 0.383. The Morgan fingerprint density at radius 3 is 2.64 bits per heavy atom. The van der Waals surface area contributed by atoms with Crippen LogP contribution in [0, 0.1) is 4.91 Å². The van der Waals surface area contributed by atoms with Crippen LogP contribution in [0.15, 0.2) is 15.9 Å².